The molecule has 4 heteroatoms. The highest BCUT2D eigenvalue weighted by molar-refractivity contribution is 5.71. The lowest BCUT2D eigenvalue weighted by molar-refractivity contribution is -0.188. The third-order valence-corrected chi connectivity index (χ3v) is 2.55. The number of benzene rings is 1. The number of phenolic OH excluding ortho intramolecular Hbond substituents is 1. The summed E-state index contributed by atoms with van der Waals surface area (Å²) in [6.45, 7) is 3.53. The molecule has 1 atom stereocenters. The molecule has 3 nitrogen and oxygen atoms in total. The number of halogens is 1. The highest BCUT2D eigenvalue weighted by Gasteiger charge is 2.16. The summed E-state index contributed by atoms with van der Waals surface area (Å²) in [7, 11) is 0. The Morgan fingerprint density at radius 1 is 1.56 bits per heavy atom. The smallest absolute Gasteiger partial charge is 0.351 e. The second kappa shape index (κ2) is 5.49. The quantitative estimate of drug-likeness (QED) is 0.858. The van der Waals surface area contributed by atoms with Crippen LogP contribution >= 0.6 is 0 Å². The molecule has 0 saturated heterocycles. The van der Waals surface area contributed by atoms with Crippen LogP contribution in [-0.2, 0) is 22.6 Å². The fourth-order valence-corrected chi connectivity index (χ4v) is 1.56. The van der Waals surface area contributed by atoms with Gasteiger partial charge in [-0.15, -0.1) is 0 Å². The molecule has 0 amide bonds. The molecule has 1 aromatic carbocycles. The van der Waals surface area contributed by atoms with Crippen LogP contribution in [0.15, 0.2) is 18.2 Å². The predicted octanol–water partition coefficient (Wildman–Crippen LogP) is 2.56. The average molecular weight is 226 g/mol. The number of carbonyl (C=O) groups is 1. The predicted molar refractivity (Wildman–Crippen MR) is 57.6 cm³/mol. The lowest BCUT2D eigenvalue weighted by Gasteiger charge is -2.09. The molecule has 0 bridgehead atoms. The number of phenols is 1. The minimum Gasteiger partial charge on any atom is -0.508 e. The van der Waals surface area contributed by atoms with Crippen LogP contribution in [-0.4, -0.2) is 11.1 Å². The van der Waals surface area contributed by atoms with Gasteiger partial charge in [0.15, 0.2) is 0 Å². The van der Waals surface area contributed by atoms with Crippen LogP contribution in [0.1, 0.15) is 25.0 Å². The molecule has 1 rings (SSSR count). The Bertz CT molecular complexity index is 377. The summed E-state index contributed by atoms with van der Waals surface area (Å²) in [4.78, 5) is 14.1. The van der Waals surface area contributed by atoms with Crippen molar-refractivity contribution in [3.05, 3.63) is 29.3 Å². The van der Waals surface area contributed by atoms with Gasteiger partial charge in [-0.2, -0.15) is 0 Å². The third kappa shape index (κ3) is 2.95. The normalized spacial score (nSPS) is 12.2. The highest BCUT2D eigenvalue weighted by atomic mass is 19.3. The van der Waals surface area contributed by atoms with Crippen molar-refractivity contribution in [3.8, 4) is 5.75 Å². The summed E-state index contributed by atoms with van der Waals surface area (Å²) in [5, 5.41) is 9.47. The van der Waals surface area contributed by atoms with Crippen molar-refractivity contribution >= 4 is 5.97 Å². The summed E-state index contributed by atoms with van der Waals surface area (Å²) in [6.07, 6.45) is 1.11. The van der Waals surface area contributed by atoms with Gasteiger partial charge < -0.3 is 5.11 Å². The van der Waals surface area contributed by atoms with Crippen molar-refractivity contribution in [2.24, 2.45) is 5.92 Å². The van der Waals surface area contributed by atoms with Gasteiger partial charge in [-0.05, 0) is 30.0 Å². The maximum absolute atomic E-state index is 11.7. The van der Waals surface area contributed by atoms with Crippen molar-refractivity contribution in [1.82, 2.24) is 0 Å². The Kier molecular flexibility index (Phi) is 4.28. The van der Waals surface area contributed by atoms with E-state index in [2.05, 4.69) is 4.94 Å². The first-order valence-electron chi connectivity index (χ1n) is 5.21. The van der Waals surface area contributed by atoms with E-state index >= 15 is 0 Å². The molecule has 1 aromatic rings. The van der Waals surface area contributed by atoms with Gasteiger partial charge in [-0.1, -0.05) is 26.0 Å². The summed E-state index contributed by atoms with van der Waals surface area (Å²) >= 11 is 0. The number of carbonyl (C=O) groups excluding carboxylic acids is 1. The van der Waals surface area contributed by atoms with E-state index in [1.54, 1.807) is 19.1 Å². The maximum Gasteiger partial charge on any atom is 0.351 e. The van der Waals surface area contributed by atoms with Crippen LogP contribution in [0, 0.1) is 5.92 Å². The van der Waals surface area contributed by atoms with E-state index in [0.717, 1.165) is 11.1 Å². The van der Waals surface area contributed by atoms with Gasteiger partial charge in [-0.25, -0.2) is 4.79 Å². The molecule has 88 valence electrons. The van der Waals surface area contributed by atoms with Crippen molar-refractivity contribution in [2.75, 3.05) is 0 Å². The van der Waals surface area contributed by atoms with E-state index in [1.165, 1.54) is 0 Å². The first-order valence-corrected chi connectivity index (χ1v) is 5.21. The molecular weight excluding hydrogens is 211 g/mol. The molecule has 0 aliphatic rings. The molecule has 0 radical (unpaired) electrons. The molecule has 0 heterocycles. The van der Waals surface area contributed by atoms with Gasteiger partial charge in [0.1, 0.15) is 5.75 Å². The number of aryl methyl sites for hydroxylation is 1. The van der Waals surface area contributed by atoms with Gasteiger partial charge in [-0.3, -0.25) is 4.94 Å². The maximum atomic E-state index is 11.7. The van der Waals surface area contributed by atoms with Crippen LogP contribution in [0.5, 0.6) is 5.75 Å². The van der Waals surface area contributed by atoms with E-state index in [1.807, 2.05) is 13.0 Å². The van der Waals surface area contributed by atoms with Crippen LogP contribution < -0.4 is 0 Å². The Hall–Kier alpha value is -1.58. The molecule has 0 aliphatic carbocycles. The van der Waals surface area contributed by atoms with Crippen molar-refractivity contribution in [1.29, 1.82) is 0 Å². The topological polar surface area (TPSA) is 46.5 Å². The van der Waals surface area contributed by atoms with Crippen LogP contribution in [0.2, 0.25) is 0 Å². The average Bonchev–Trinajstić information content (AvgIpc) is 2.30. The number of rotatable bonds is 4. The highest BCUT2D eigenvalue weighted by Crippen LogP contribution is 2.21. The van der Waals surface area contributed by atoms with Gasteiger partial charge in [0.05, 0.1) is 5.92 Å². The first kappa shape index (κ1) is 12.5. The molecule has 1 N–H and O–H groups in total. The fourth-order valence-electron chi connectivity index (χ4n) is 1.56. The van der Waals surface area contributed by atoms with E-state index in [4.69, 9.17) is 0 Å². The molecule has 1 unspecified atom stereocenters. The Labute approximate surface area is 93.8 Å². The van der Waals surface area contributed by atoms with Gasteiger partial charge in [0.25, 0.3) is 0 Å². The van der Waals surface area contributed by atoms with E-state index < -0.39 is 11.9 Å². The van der Waals surface area contributed by atoms with E-state index in [0.29, 0.717) is 12.8 Å². The van der Waals surface area contributed by atoms with Crippen molar-refractivity contribution in [2.45, 2.75) is 26.7 Å². The number of hydrogen-bond acceptors (Lipinski definition) is 3. The molecule has 16 heavy (non-hydrogen) atoms. The summed E-state index contributed by atoms with van der Waals surface area (Å²) in [5.41, 5.74) is 1.70. The van der Waals surface area contributed by atoms with E-state index in [-0.39, 0.29) is 5.75 Å². The Morgan fingerprint density at radius 2 is 2.25 bits per heavy atom. The summed E-state index contributed by atoms with van der Waals surface area (Å²) in [5.74, 6) is -1.16. The molecule has 0 aliphatic heterocycles. The van der Waals surface area contributed by atoms with E-state index in [9.17, 15) is 14.4 Å². The van der Waals surface area contributed by atoms with Gasteiger partial charge >= 0.3 is 5.97 Å². The summed E-state index contributed by atoms with van der Waals surface area (Å²) < 4.78 is 11.7. The molecule has 0 fully saturated rings. The van der Waals surface area contributed by atoms with Crippen LogP contribution in [0.25, 0.3) is 0 Å². The minimum atomic E-state index is -0.869. The standard InChI is InChI=1S/C12H15FO3/c1-3-10-7-9(4-5-11(10)14)6-8(2)12(15)16-13/h4-5,7-8,14H,3,6H2,1-2H3. The zero-order valence-corrected chi connectivity index (χ0v) is 9.37. The largest absolute Gasteiger partial charge is 0.508 e. The first-order chi connectivity index (χ1) is 7.58. The minimum absolute atomic E-state index is 0.243. The van der Waals surface area contributed by atoms with Gasteiger partial charge in [0, 0.05) is 4.53 Å². The second-order valence-corrected chi connectivity index (χ2v) is 3.82. The van der Waals surface area contributed by atoms with Crippen LogP contribution in [0.4, 0.5) is 4.53 Å². The Morgan fingerprint density at radius 3 is 2.81 bits per heavy atom. The summed E-state index contributed by atoms with van der Waals surface area (Å²) in [6, 6.07) is 5.12. The lowest BCUT2D eigenvalue weighted by Crippen LogP contribution is -2.13. The second-order valence-electron chi connectivity index (χ2n) is 3.82. The number of aromatic hydroxyl groups is 1. The molecule has 0 aromatic heterocycles. The van der Waals surface area contributed by atoms with Gasteiger partial charge in [0.2, 0.25) is 0 Å². The molecule has 0 saturated carbocycles. The fraction of sp³-hybridized carbons (Fsp3) is 0.417. The lowest BCUT2D eigenvalue weighted by atomic mass is 9.98. The van der Waals surface area contributed by atoms with Crippen molar-refractivity contribution < 1.29 is 19.4 Å². The van der Waals surface area contributed by atoms with Crippen molar-refractivity contribution in [3.63, 3.8) is 0 Å². The number of hydrogen-bond donors (Lipinski definition) is 1. The zero-order chi connectivity index (χ0) is 12.1. The Balaban J connectivity index is 2.78. The monoisotopic (exact) mass is 226 g/mol. The SMILES string of the molecule is CCc1cc(CC(C)C(=O)OF)ccc1O. The molecule has 0 spiro atoms. The zero-order valence-electron chi connectivity index (χ0n) is 9.37. The molecular formula is C12H15FO3. The third-order valence-electron chi connectivity index (χ3n) is 2.55. The van der Waals surface area contributed by atoms with Crippen LogP contribution in [0.3, 0.4) is 0 Å².